The van der Waals surface area contributed by atoms with Gasteiger partial charge in [-0.15, -0.1) is 0 Å². The van der Waals surface area contributed by atoms with Gasteiger partial charge in [0, 0.05) is 22.8 Å². The molecule has 30 heavy (non-hydrogen) atoms. The molecule has 7 heteroatoms. The molecule has 0 bridgehead atoms. The van der Waals surface area contributed by atoms with Gasteiger partial charge in [-0.25, -0.2) is 19.8 Å². The predicted molar refractivity (Wildman–Crippen MR) is 114 cm³/mol. The van der Waals surface area contributed by atoms with E-state index in [4.69, 9.17) is 0 Å². The number of rotatable bonds is 5. The second-order valence-corrected chi connectivity index (χ2v) is 6.45. The van der Waals surface area contributed by atoms with Crippen LogP contribution in [0.2, 0.25) is 0 Å². The van der Waals surface area contributed by atoms with Gasteiger partial charge in [0.15, 0.2) is 0 Å². The lowest BCUT2D eigenvalue weighted by Crippen LogP contribution is -2.00. The Morgan fingerprint density at radius 2 is 1.47 bits per heavy atom. The number of hydrogen-bond donors (Lipinski definition) is 3. The lowest BCUT2D eigenvalue weighted by molar-refractivity contribution is 0.450. The van der Waals surface area contributed by atoms with Gasteiger partial charge in [-0.3, -0.25) is 0 Å². The third kappa shape index (κ3) is 4.41. The summed E-state index contributed by atoms with van der Waals surface area (Å²) in [5.41, 5.74) is 6.09. The van der Waals surface area contributed by atoms with Crippen molar-refractivity contribution in [3.8, 4) is 34.0 Å². The van der Waals surface area contributed by atoms with Crippen LogP contribution in [0.15, 0.2) is 84.0 Å². The molecule has 0 radical (unpaired) electrons. The van der Waals surface area contributed by atoms with Crippen molar-refractivity contribution < 1.29 is 14.6 Å². The molecule has 0 fully saturated rings. The van der Waals surface area contributed by atoms with E-state index in [1.807, 2.05) is 36.4 Å². The molecule has 0 amide bonds. The molecule has 3 aromatic carbocycles. The van der Waals surface area contributed by atoms with Crippen molar-refractivity contribution >= 4 is 12.2 Å². The first-order valence-corrected chi connectivity index (χ1v) is 9.10. The largest absolute Gasteiger partial charge is 0.508 e. The summed E-state index contributed by atoms with van der Waals surface area (Å²) in [7, 11) is 0. The summed E-state index contributed by atoms with van der Waals surface area (Å²) < 4.78 is 13.3. The number of aromatic hydroxyl groups is 2. The van der Waals surface area contributed by atoms with E-state index in [1.165, 1.54) is 36.5 Å². The lowest BCUT2D eigenvalue weighted by Gasteiger charge is -2.08. The molecule has 0 spiro atoms. The summed E-state index contributed by atoms with van der Waals surface area (Å²) in [4.78, 5) is 8.97. The van der Waals surface area contributed by atoms with E-state index in [-0.39, 0.29) is 23.3 Å². The monoisotopic (exact) mass is 400 g/mol. The molecule has 0 saturated carbocycles. The summed E-state index contributed by atoms with van der Waals surface area (Å²) in [6.07, 6.45) is 1.39. The Bertz CT molecular complexity index is 1200. The molecule has 0 atom stereocenters. The molecular weight excluding hydrogens is 383 g/mol. The zero-order chi connectivity index (χ0) is 20.9. The Balaban J connectivity index is 1.68. The van der Waals surface area contributed by atoms with Crippen molar-refractivity contribution in [2.24, 2.45) is 5.10 Å². The molecule has 148 valence electrons. The summed E-state index contributed by atoms with van der Waals surface area (Å²) in [6, 6.07) is 21.7. The fourth-order valence-corrected chi connectivity index (χ4v) is 2.82. The normalized spacial score (nSPS) is 11.0. The number of benzene rings is 3. The minimum Gasteiger partial charge on any atom is -0.508 e. The van der Waals surface area contributed by atoms with Gasteiger partial charge in [-0.05, 0) is 42.5 Å². The standard InChI is InChI=1S/C23H17FN4O2/c24-18-9-6-16(7-10-18)21-13-20(15-4-2-1-3-5-15)26-23(27-21)28-25-14-17-8-11-19(29)12-22(17)30/h1-14,29-30H,(H,26,27,28)/b25-14+. The number of anilines is 1. The summed E-state index contributed by atoms with van der Waals surface area (Å²) in [5.74, 6) is -0.232. The van der Waals surface area contributed by atoms with Gasteiger partial charge in [-0.2, -0.15) is 5.10 Å². The van der Waals surface area contributed by atoms with Crippen molar-refractivity contribution in [2.45, 2.75) is 0 Å². The third-order valence-corrected chi connectivity index (χ3v) is 4.32. The highest BCUT2D eigenvalue weighted by Gasteiger charge is 2.09. The Labute approximate surface area is 172 Å². The second-order valence-electron chi connectivity index (χ2n) is 6.45. The van der Waals surface area contributed by atoms with Gasteiger partial charge in [-0.1, -0.05) is 30.3 Å². The average molecular weight is 400 g/mol. The molecule has 0 aliphatic carbocycles. The van der Waals surface area contributed by atoms with Crippen molar-refractivity contribution in [3.63, 3.8) is 0 Å². The maximum absolute atomic E-state index is 13.3. The van der Waals surface area contributed by atoms with Gasteiger partial charge >= 0.3 is 0 Å². The van der Waals surface area contributed by atoms with Crippen LogP contribution in [-0.2, 0) is 0 Å². The summed E-state index contributed by atoms with van der Waals surface area (Å²) in [6.45, 7) is 0. The Morgan fingerprint density at radius 3 is 2.13 bits per heavy atom. The van der Waals surface area contributed by atoms with E-state index in [9.17, 15) is 14.6 Å². The minimum absolute atomic E-state index is 0.0413. The van der Waals surface area contributed by atoms with Crippen LogP contribution in [-0.4, -0.2) is 26.4 Å². The van der Waals surface area contributed by atoms with E-state index in [1.54, 1.807) is 12.1 Å². The smallest absolute Gasteiger partial charge is 0.244 e. The number of aromatic nitrogens is 2. The van der Waals surface area contributed by atoms with Gasteiger partial charge in [0.1, 0.15) is 17.3 Å². The van der Waals surface area contributed by atoms with Gasteiger partial charge in [0.2, 0.25) is 5.95 Å². The van der Waals surface area contributed by atoms with E-state index in [0.29, 0.717) is 17.0 Å². The van der Waals surface area contributed by atoms with Gasteiger partial charge in [0.25, 0.3) is 0 Å². The highest BCUT2D eigenvalue weighted by Crippen LogP contribution is 2.25. The molecule has 4 aromatic rings. The zero-order valence-corrected chi connectivity index (χ0v) is 15.7. The number of hydrazone groups is 1. The van der Waals surface area contributed by atoms with E-state index in [0.717, 1.165) is 11.1 Å². The van der Waals surface area contributed by atoms with Crippen molar-refractivity contribution in [1.29, 1.82) is 0 Å². The Hall–Kier alpha value is -4.26. The maximum Gasteiger partial charge on any atom is 0.244 e. The molecule has 4 rings (SSSR count). The van der Waals surface area contributed by atoms with Crippen LogP contribution >= 0.6 is 0 Å². The van der Waals surface area contributed by atoms with Crippen molar-refractivity contribution in [1.82, 2.24) is 9.97 Å². The number of phenols is 2. The fraction of sp³-hybridized carbons (Fsp3) is 0. The SMILES string of the molecule is Oc1ccc(/C=N/Nc2nc(-c3ccccc3)cc(-c3ccc(F)cc3)n2)c(O)c1. The number of nitrogens with one attached hydrogen (secondary N) is 1. The topological polar surface area (TPSA) is 90.6 Å². The molecule has 1 aromatic heterocycles. The van der Waals surface area contributed by atoms with E-state index < -0.39 is 0 Å². The highest BCUT2D eigenvalue weighted by atomic mass is 19.1. The molecule has 0 unspecified atom stereocenters. The Morgan fingerprint density at radius 1 is 0.800 bits per heavy atom. The first-order valence-electron chi connectivity index (χ1n) is 9.10. The number of halogens is 1. The predicted octanol–water partition coefficient (Wildman–Crippen LogP) is 4.81. The molecule has 0 aliphatic rings. The van der Waals surface area contributed by atoms with Crippen LogP contribution in [0.1, 0.15) is 5.56 Å². The first-order chi connectivity index (χ1) is 14.6. The van der Waals surface area contributed by atoms with Crippen LogP contribution in [0.4, 0.5) is 10.3 Å². The minimum atomic E-state index is -0.326. The molecule has 6 nitrogen and oxygen atoms in total. The Kier molecular flexibility index (Phi) is 5.34. The third-order valence-electron chi connectivity index (χ3n) is 4.32. The van der Waals surface area contributed by atoms with Gasteiger partial charge in [0.05, 0.1) is 17.6 Å². The molecule has 0 saturated heterocycles. The number of phenolic OH excluding ortho intramolecular Hbond substituents is 2. The lowest BCUT2D eigenvalue weighted by atomic mass is 10.1. The average Bonchev–Trinajstić information content (AvgIpc) is 2.76. The van der Waals surface area contributed by atoms with E-state index in [2.05, 4.69) is 20.5 Å². The summed E-state index contributed by atoms with van der Waals surface area (Å²) >= 11 is 0. The molecule has 3 N–H and O–H groups in total. The number of hydrogen-bond acceptors (Lipinski definition) is 6. The van der Waals surface area contributed by atoms with Crippen LogP contribution in [0, 0.1) is 5.82 Å². The number of nitrogens with zero attached hydrogens (tertiary/aromatic N) is 3. The second kappa shape index (κ2) is 8.40. The first kappa shape index (κ1) is 19.1. The maximum atomic E-state index is 13.3. The highest BCUT2D eigenvalue weighted by molar-refractivity contribution is 5.84. The molecule has 1 heterocycles. The van der Waals surface area contributed by atoms with Crippen LogP contribution in [0.25, 0.3) is 22.5 Å². The van der Waals surface area contributed by atoms with Crippen molar-refractivity contribution in [3.05, 3.63) is 90.2 Å². The van der Waals surface area contributed by atoms with Crippen LogP contribution in [0.5, 0.6) is 11.5 Å². The zero-order valence-electron chi connectivity index (χ0n) is 15.7. The molecular formula is C23H17FN4O2. The fourth-order valence-electron chi connectivity index (χ4n) is 2.82. The van der Waals surface area contributed by atoms with E-state index >= 15 is 0 Å². The van der Waals surface area contributed by atoms with Crippen LogP contribution < -0.4 is 5.43 Å². The van der Waals surface area contributed by atoms with Crippen molar-refractivity contribution in [2.75, 3.05) is 5.43 Å². The quantitative estimate of drug-likeness (QED) is 0.330. The van der Waals surface area contributed by atoms with Crippen LogP contribution in [0.3, 0.4) is 0 Å². The van der Waals surface area contributed by atoms with Gasteiger partial charge < -0.3 is 10.2 Å². The molecule has 0 aliphatic heterocycles. The summed E-state index contributed by atoms with van der Waals surface area (Å²) in [5, 5.41) is 23.3.